The van der Waals surface area contributed by atoms with E-state index in [0.717, 1.165) is 25.7 Å². The van der Waals surface area contributed by atoms with Crippen molar-refractivity contribution in [3.05, 3.63) is 11.8 Å². The van der Waals surface area contributed by atoms with Gasteiger partial charge in [-0.15, -0.1) is 0 Å². The van der Waals surface area contributed by atoms with E-state index in [1.165, 1.54) is 22.2 Å². The molecule has 1 aliphatic carbocycles. The molecule has 1 N–H and O–H groups in total. The number of hydrogen-bond acceptors (Lipinski definition) is 4. The SMILES string of the molecule is CC1CCC(NC(=O)c2cnn3c2S(=O)(=O)N(C)CC3)CC1. The fourth-order valence-corrected chi connectivity index (χ4v) is 4.58. The first kappa shape index (κ1) is 15.5. The highest BCUT2D eigenvalue weighted by molar-refractivity contribution is 7.89. The van der Waals surface area contributed by atoms with Crippen molar-refractivity contribution in [3.8, 4) is 0 Å². The van der Waals surface area contributed by atoms with Crippen LogP contribution in [-0.2, 0) is 16.6 Å². The van der Waals surface area contributed by atoms with Crippen LogP contribution < -0.4 is 5.32 Å². The van der Waals surface area contributed by atoms with Gasteiger partial charge in [0.15, 0.2) is 5.03 Å². The molecule has 2 aliphatic rings. The van der Waals surface area contributed by atoms with E-state index in [0.29, 0.717) is 19.0 Å². The summed E-state index contributed by atoms with van der Waals surface area (Å²) in [5.41, 5.74) is 0.158. The minimum Gasteiger partial charge on any atom is -0.349 e. The normalized spacial score (nSPS) is 28.1. The number of nitrogens with one attached hydrogen (secondary N) is 1. The van der Waals surface area contributed by atoms with Crippen molar-refractivity contribution in [2.75, 3.05) is 13.6 Å². The van der Waals surface area contributed by atoms with Crippen LogP contribution in [0, 0.1) is 5.92 Å². The number of sulfonamides is 1. The Morgan fingerprint density at radius 3 is 2.64 bits per heavy atom. The van der Waals surface area contributed by atoms with Gasteiger partial charge < -0.3 is 5.32 Å². The number of amides is 1. The van der Waals surface area contributed by atoms with Gasteiger partial charge in [0.05, 0.1) is 18.3 Å². The highest BCUT2D eigenvalue weighted by Gasteiger charge is 2.35. The maximum atomic E-state index is 12.5. The van der Waals surface area contributed by atoms with Crippen LogP contribution in [-0.4, -0.2) is 48.0 Å². The van der Waals surface area contributed by atoms with Crippen molar-refractivity contribution >= 4 is 15.9 Å². The lowest BCUT2D eigenvalue weighted by molar-refractivity contribution is 0.0918. The van der Waals surface area contributed by atoms with Crippen molar-refractivity contribution in [1.29, 1.82) is 0 Å². The quantitative estimate of drug-likeness (QED) is 0.872. The molecule has 1 aliphatic heterocycles. The van der Waals surface area contributed by atoms with E-state index in [1.807, 2.05) is 0 Å². The Labute approximate surface area is 130 Å². The zero-order valence-electron chi connectivity index (χ0n) is 12.9. The van der Waals surface area contributed by atoms with Crippen LogP contribution in [0.15, 0.2) is 11.2 Å². The highest BCUT2D eigenvalue weighted by atomic mass is 32.2. The number of hydrogen-bond donors (Lipinski definition) is 1. The summed E-state index contributed by atoms with van der Waals surface area (Å²) in [7, 11) is -2.11. The number of likely N-dealkylation sites (N-methyl/N-ethyl adjacent to an activating group) is 1. The van der Waals surface area contributed by atoms with Crippen LogP contribution in [0.1, 0.15) is 43.0 Å². The third-order valence-corrected chi connectivity index (χ3v) is 6.59. The second-order valence-electron chi connectivity index (χ2n) is 6.34. The van der Waals surface area contributed by atoms with Gasteiger partial charge in [0.25, 0.3) is 15.9 Å². The van der Waals surface area contributed by atoms with E-state index in [9.17, 15) is 13.2 Å². The molecule has 22 heavy (non-hydrogen) atoms. The third-order valence-electron chi connectivity index (χ3n) is 4.67. The standard InChI is InChI=1S/C14H22N4O3S/c1-10-3-5-11(6-4-10)16-13(19)12-9-15-18-8-7-17(2)22(20,21)14(12)18/h9-11H,3-8H2,1-2H3,(H,16,19). The van der Waals surface area contributed by atoms with E-state index in [2.05, 4.69) is 17.3 Å². The van der Waals surface area contributed by atoms with Gasteiger partial charge in [-0.1, -0.05) is 6.92 Å². The molecule has 0 atom stereocenters. The first-order valence-electron chi connectivity index (χ1n) is 7.72. The number of carbonyl (C=O) groups is 1. The first-order chi connectivity index (χ1) is 10.4. The molecule has 0 bridgehead atoms. The zero-order chi connectivity index (χ0) is 15.9. The molecule has 122 valence electrons. The topological polar surface area (TPSA) is 84.3 Å². The Kier molecular flexibility index (Phi) is 3.98. The van der Waals surface area contributed by atoms with Crippen molar-refractivity contribution in [2.45, 2.75) is 50.2 Å². The number of carbonyl (C=O) groups excluding carboxylic acids is 1. The predicted molar refractivity (Wildman–Crippen MR) is 80.9 cm³/mol. The number of nitrogens with zero attached hydrogens (tertiary/aromatic N) is 3. The van der Waals surface area contributed by atoms with Crippen LogP contribution in [0.5, 0.6) is 0 Å². The van der Waals surface area contributed by atoms with Gasteiger partial charge in [-0.2, -0.15) is 9.40 Å². The van der Waals surface area contributed by atoms with Crippen molar-refractivity contribution in [3.63, 3.8) is 0 Å². The molecule has 0 aromatic carbocycles. The molecule has 0 radical (unpaired) electrons. The van der Waals surface area contributed by atoms with Gasteiger partial charge in [-0.05, 0) is 31.6 Å². The molecule has 1 saturated carbocycles. The lowest BCUT2D eigenvalue weighted by atomic mass is 9.87. The van der Waals surface area contributed by atoms with Gasteiger partial charge in [0.2, 0.25) is 0 Å². The summed E-state index contributed by atoms with van der Waals surface area (Å²) in [6, 6.07) is 0.128. The summed E-state index contributed by atoms with van der Waals surface area (Å²) in [6.07, 6.45) is 5.45. The van der Waals surface area contributed by atoms with Crippen LogP contribution >= 0.6 is 0 Å². The molecule has 0 saturated heterocycles. The summed E-state index contributed by atoms with van der Waals surface area (Å²) in [5, 5.41) is 7.05. The van der Waals surface area contributed by atoms with Crippen molar-refractivity contribution < 1.29 is 13.2 Å². The van der Waals surface area contributed by atoms with Crippen LogP contribution in [0.3, 0.4) is 0 Å². The van der Waals surface area contributed by atoms with Crippen molar-refractivity contribution in [1.82, 2.24) is 19.4 Å². The molecule has 0 unspecified atom stereocenters. The summed E-state index contributed by atoms with van der Waals surface area (Å²) in [5.74, 6) is 0.366. The molecular formula is C14H22N4O3S. The fraction of sp³-hybridized carbons (Fsp3) is 0.714. The molecule has 1 aromatic heterocycles. The lowest BCUT2D eigenvalue weighted by Crippen LogP contribution is -2.40. The molecule has 1 amide bonds. The average Bonchev–Trinajstić information content (AvgIpc) is 2.91. The molecular weight excluding hydrogens is 304 g/mol. The van der Waals surface area contributed by atoms with Gasteiger partial charge in [-0.3, -0.25) is 9.48 Å². The Morgan fingerprint density at radius 2 is 1.95 bits per heavy atom. The maximum Gasteiger partial charge on any atom is 0.260 e. The van der Waals surface area contributed by atoms with Crippen LogP contribution in [0.25, 0.3) is 0 Å². The van der Waals surface area contributed by atoms with Crippen LogP contribution in [0.4, 0.5) is 0 Å². The van der Waals surface area contributed by atoms with Crippen molar-refractivity contribution in [2.24, 2.45) is 5.92 Å². The Hall–Kier alpha value is -1.41. The summed E-state index contributed by atoms with van der Waals surface area (Å²) < 4.78 is 27.5. The van der Waals surface area contributed by atoms with Gasteiger partial charge in [0.1, 0.15) is 0 Å². The highest BCUT2D eigenvalue weighted by Crippen LogP contribution is 2.26. The fourth-order valence-electron chi connectivity index (χ4n) is 3.13. The second kappa shape index (κ2) is 5.66. The Bertz CT molecular complexity index is 674. The zero-order valence-corrected chi connectivity index (χ0v) is 13.8. The van der Waals surface area contributed by atoms with Gasteiger partial charge >= 0.3 is 0 Å². The number of fused-ring (bicyclic) bond motifs is 1. The molecule has 0 spiro atoms. The monoisotopic (exact) mass is 326 g/mol. The lowest BCUT2D eigenvalue weighted by Gasteiger charge is -2.27. The molecule has 8 heteroatoms. The molecule has 7 nitrogen and oxygen atoms in total. The predicted octanol–water partition coefficient (Wildman–Crippen LogP) is 0.826. The number of aromatic nitrogens is 2. The van der Waals surface area contributed by atoms with E-state index >= 15 is 0 Å². The minimum absolute atomic E-state index is 0.0166. The third kappa shape index (κ3) is 2.65. The van der Waals surface area contributed by atoms with E-state index in [-0.39, 0.29) is 22.5 Å². The molecule has 1 aromatic rings. The minimum atomic E-state index is -3.63. The van der Waals surface area contributed by atoms with E-state index in [1.54, 1.807) is 0 Å². The molecule has 1 fully saturated rings. The Morgan fingerprint density at radius 1 is 1.27 bits per heavy atom. The Balaban J connectivity index is 1.82. The van der Waals surface area contributed by atoms with E-state index in [4.69, 9.17) is 0 Å². The summed E-state index contributed by atoms with van der Waals surface area (Å²) in [6.45, 7) is 3.06. The first-order valence-corrected chi connectivity index (χ1v) is 9.16. The summed E-state index contributed by atoms with van der Waals surface area (Å²) in [4.78, 5) is 12.5. The smallest absolute Gasteiger partial charge is 0.260 e. The average molecular weight is 326 g/mol. The summed E-state index contributed by atoms with van der Waals surface area (Å²) >= 11 is 0. The largest absolute Gasteiger partial charge is 0.349 e. The maximum absolute atomic E-state index is 12.5. The van der Waals surface area contributed by atoms with E-state index < -0.39 is 10.0 Å². The molecule has 2 heterocycles. The van der Waals surface area contributed by atoms with Crippen LogP contribution in [0.2, 0.25) is 0 Å². The number of rotatable bonds is 2. The van der Waals surface area contributed by atoms with Gasteiger partial charge in [0, 0.05) is 19.6 Å². The molecule has 3 rings (SSSR count). The van der Waals surface area contributed by atoms with Gasteiger partial charge in [-0.25, -0.2) is 8.42 Å². The second-order valence-corrected chi connectivity index (χ2v) is 8.30.